The first kappa shape index (κ1) is 21.5. The van der Waals surface area contributed by atoms with Crippen molar-refractivity contribution in [2.75, 3.05) is 12.4 Å². The zero-order valence-electron chi connectivity index (χ0n) is 17.1. The number of nitrogens with one attached hydrogen (secondary N) is 3. The number of halogens is 1. The second-order valence-electron chi connectivity index (χ2n) is 6.85. The lowest BCUT2D eigenvalue weighted by molar-refractivity contribution is -0.115. The van der Waals surface area contributed by atoms with E-state index in [1.165, 1.54) is 6.08 Å². The van der Waals surface area contributed by atoms with Crippen LogP contribution in [-0.4, -0.2) is 28.1 Å². The van der Waals surface area contributed by atoms with Crippen LogP contribution >= 0.6 is 23.8 Å². The molecule has 0 fully saturated rings. The second kappa shape index (κ2) is 9.64. The predicted molar refractivity (Wildman–Crippen MR) is 133 cm³/mol. The van der Waals surface area contributed by atoms with E-state index in [4.69, 9.17) is 28.6 Å². The third kappa shape index (κ3) is 5.14. The van der Waals surface area contributed by atoms with Gasteiger partial charge in [-0.25, -0.2) is 4.98 Å². The summed E-state index contributed by atoms with van der Waals surface area (Å²) in [5.41, 5.74) is 4.08. The van der Waals surface area contributed by atoms with Gasteiger partial charge in [0, 0.05) is 11.6 Å². The SMILES string of the molecule is COc1ccc(/C=C/C(=O)NC(=S)Nc2cc(-c3nc4ccccc4[nH]3)ccc2Cl)cc1. The number of benzene rings is 3. The smallest absolute Gasteiger partial charge is 0.250 e. The number of carbonyl (C=O) groups excluding carboxylic acids is 1. The van der Waals surface area contributed by atoms with Crippen LogP contribution in [0.2, 0.25) is 5.02 Å². The molecule has 8 heteroatoms. The number of imidazole rings is 1. The summed E-state index contributed by atoms with van der Waals surface area (Å²) in [6.07, 6.45) is 3.09. The topological polar surface area (TPSA) is 79.0 Å². The number of thiocarbonyl (C=S) groups is 1. The van der Waals surface area contributed by atoms with Gasteiger partial charge < -0.3 is 15.0 Å². The molecular weight excluding hydrogens is 444 g/mol. The summed E-state index contributed by atoms with van der Waals surface area (Å²) in [7, 11) is 1.60. The van der Waals surface area contributed by atoms with Gasteiger partial charge in [-0.1, -0.05) is 35.9 Å². The Bertz CT molecular complexity index is 1280. The lowest BCUT2D eigenvalue weighted by Crippen LogP contribution is -2.32. The van der Waals surface area contributed by atoms with Crippen LogP contribution in [-0.2, 0) is 4.79 Å². The molecule has 4 aromatic rings. The Morgan fingerprint density at radius 2 is 1.91 bits per heavy atom. The molecule has 0 aliphatic rings. The Kier molecular flexibility index (Phi) is 6.49. The van der Waals surface area contributed by atoms with Crippen molar-refractivity contribution in [3.05, 3.63) is 83.4 Å². The Morgan fingerprint density at radius 1 is 1.12 bits per heavy atom. The summed E-state index contributed by atoms with van der Waals surface area (Å²) < 4.78 is 5.12. The standard InChI is InChI=1S/C24H19ClN4O2S/c1-31-17-10-6-15(7-11-17)8-13-22(30)29-24(32)28-21-14-16(9-12-18(21)25)23-26-19-4-2-3-5-20(19)27-23/h2-14H,1H3,(H,26,27)(H2,28,29,30,32)/b13-8+. The van der Waals surface area contributed by atoms with Crippen LogP contribution in [0.15, 0.2) is 72.8 Å². The number of anilines is 1. The molecule has 3 aromatic carbocycles. The average molecular weight is 463 g/mol. The molecule has 0 bridgehead atoms. The molecule has 1 amide bonds. The van der Waals surface area contributed by atoms with Crippen molar-refractivity contribution in [3.63, 3.8) is 0 Å². The van der Waals surface area contributed by atoms with Crippen molar-refractivity contribution in [1.29, 1.82) is 0 Å². The minimum atomic E-state index is -0.358. The zero-order chi connectivity index (χ0) is 22.5. The number of hydrogen-bond acceptors (Lipinski definition) is 4. The highest BCUT2D eigenvalue weighted by Gasteiger charge is 2.10. The molecule has 0 radical (unpaired) electrons. The number of hydrogen-bond donors (Lipinski definition) is 3. The van der Waals surface area contributed by atoms with Gasteiger partial charge in [0.2, 0.25) is 5.91 Å². The molecule has 1 aromatic heterocycles. The molecule has 32 heavy (non-hydrogen) atoms. The second-order valence-corrected chi connectivity index (χ2v) is 7.66. The quantitative estimate of drug-likeness (QED) is 0.272. The van der Waals surface area contributed by atoms with Crippen LogP contribution in [0.5, 0.6) is 5.75 Å². The minimum absolute atomic E-state index is 0.137. The largest absolute Gasteiger partial charge is 0.497 e. The molecule has 6 nitrogen and oxygen atoms in total. The van der Waals surface area contributed by atoms with Gasteiger partial charge in [0.1, 0.15) is 11.6 Å². The molecule has 160 valence electrons. The van der Waals surface area contributed by atoms with Gasteiger partial charge in [-0.3, -0.25) is 10.1 Å². The summed E-state index contributed by atoms with van der Waals surface area (Å²) in [6.45, 7) is 0. The van der Waals surface area contributed by atoms with Crippen molar-refractivity contribution in [1.82, 2.24) is 15.3 Å². The van der Waals surface area contributed by atoms with E-state index in [9.17, 15) is 4.79 Å². The molecule has 0 saturated heterocycles. The molecule has 0 atom stereocenters. The van der Waals surface area contributed by atoms with E-state index in [2.05, 4.69) is 20.6 Å². The molecule has 1 heterocycles. The molecule has 0 spiro atoms. The fourth-order valence-electron chi connectivity index (χ4n) is 3.05. The number of nitrogens with zero attached hydrogens (tertiary/aromatic N) is 1. The van der Waals surface area contributed by atoms with Crippen molar-refractivity contribution < 1.29 is 9.53 Å². The van der Waals surface area contributed by atoms with E-state index in [0.29, 0.717) is 16.5 Å². The zero-order valence-corrected chi connectivity index (χ0v) is 18.6. The number of aromatic nitrogens is 2. The number of methoxy groups -OCH3 is 1. The Balaban J connectivity index is 1.42. The third-order valence-electron chi connectivity index (χ3n) is 4.66. The molecule has 4 rings (SSSR count). The fraction of sp³-hybridized carbons (Fsp3) is 0.0417. The van der Waals surface area contributed by atoms with Crippen molar-refractivity contribution in [2.45, 2.75) is 0 Å². The highest BCUT2D eigenvalue weighted by Crippen LogP contribution is 2.28. The first-order chi connectivity index (χ1) is 15.5. The minimum Gasteiger partial charge on any atom is -0.497 e. The van der Waals surface area contributed by atoms with E-state index < -0.39 is 0 Å². The van der Waals surface area contributed by atoms with E-state index in [1.807, 2.05) is 60.7 Å². The maximum absolute atomic E-state index is 12.2. The van der Waals surface area contributed by atoms with Gasteiger partial charge in [-0.15, -0.1) is 0 Å². The van der Waals surface area contributed by atoms with Crippen LogP contribution in [0.25, 0.3) is 28.5 Å². The Morgan fingerprint density at radius 3 is 2.66 bits per heavy atom. The van der Waals surface area contributed by atoms with Gasteiger partial charge >= 0.3 is 0 Å². The number of rotatable bonds is 5. The highest BCUT2D eigenvalue weighted by molar-refractivity contribution is 7.80. The van der Waals surface area contributed by atoms with Crippen molar-refractivity contribution >= 4 is 57.6 Å². The molecule has 0 aliphatic carbocycles. The van der Waals surface area contributed by atoms with Crippen LogP contribution in [0.4, 0.5) is 5.69 Å². The monoisotopic (exact) mass is 462 g/mol. The summed E-state index contributed by atoms with van der Waals surface area (Å²) in [5.74, 6) is 1.10. The van der Waals surface area contributed by atoms with Crippen molar-refractivity contribution in [2.24, 2.45) is 0 Å². The van der Waals surface area contributed by atoms with Gasteiger partial charge in [-0.05, 0) is 66.3 Å². The summed E-state index contributed by atoms with van der Waals surface area (Å²) >= 11 is 11.6. The lowest BCUT2D eigenvalue weighted by Gasteiger charge is -2.11. The average Bonchev–Trinajstić information content (AvgIpc) is 3.24. The molecular formula is C24H19ClN4O2S. The van der Waals surface area contributed by atoms with Crippen LogP contribution < -0.4 is 15.4 Å². The number of carbonyl (C=O) groups is 1. The predicted octanol–water partition coefficient (Wildman–Crippen LogP) is 5.42. The van der Waals surface area contributed by atoms with Crippen molar-refractivity contribution in [3.8, 4) is 17.1 Å². The molecule has 3 N–H and O–H groups in total. The first-order valence-electron chi connectivity index (χ1n) is 9.70. The Hall–Kier alpha value is -3.68. The lowest BCUT2D eigenvalue weighted by atomic mass is 10.2. The van der Waals surface area contributed by atoms with Gasteiger partial charge in [0.25, 0.3) is 0 Å². The summed E-state index contributed by atoms with van der Waals surface area (Å²) in [6, 6.07) is 20.6. The fourth-order valence-corrected chi connectivity index (χ4v) is 3.43. The van der Waals surface area contributed by atoms with Crippen LogP contribution in [0.3, 0.4) is 0 Å². The van der Waals surface area contributed by atoms with E-state index in [1.54, 1.807) is 19.3 Å². The van der Waals surface area contributed by atoms with Crippen LogP contribution in [0, 0.1) is 0 Å². The van der Waals surface area contributed by atoms with Gasteiger partial charge in [0.15, 0.2) is 5.11 Å². The summed E-state index contributed by atoms with van der Waals surface area (Å²) in [5, 5.41) is 6.20. The maximum Gasteiger partial charge on any atom is 0.250 e. The number of aromatic amines is 1. The number of fused-ring (bicyclic) bond motifs is 1. The Labute approximate surface area is 195 Å². The first-order valence-corrected chi connectivity index (χ1v) is 10.5. The third-order valence-corrected chi connectivity index (χ3v) is 5.19. The van der Waals surface area contributed by atoms with E-state index >= 15 is 0 Å². The van der Waals surface area contributed by atoms with Gasteiger partial charge in [0.05, 0.1) is 28.9 Å². The summed E-state index contributed by atoms with van der Waals surface area (Å²) in [4.78, 5) is 20.1. The number of para-hydroxylation sites is 2. The number of H-pyrrole nitrogens is 1. The normalized spacial score (nSPS) is 10.9. The van der Waals surface area contributed by atoms with Gasteiger partial charge in [-0.2, -0.15) is 0 Å². The van der Waals surface area contributed by atoms with E-state index in [0.717, 1.165) is 27.9 Å². The molecule has 0 unspecified atom stereocenters. The maximum atomic E-state index is 12.2. The highest BCUT2D eigenvalue weighted by atomic mass is 35.5. The number of amides is 1. The van der Waals surface area contributed by atoms with Crippen LogP contribution in [0.1, 0.15) is 5.56 Å². The molecule has 0 saturated carbocycles. The number of ether oxygens (including phenoxy) is 1. The molecule has 0 aliphatic heterocycles. The van der Waals surface area contributed by atoms with E-state index in [-0.39, 0.29) is 11.0 Å².